The fraction of sp³-hybridized carbons (Fsp3) is 1.00. The Labute approximate surface area is 110 Å². The Balaban J connectivity index is 1.89. The standard InChI is InChI=1S/C13H25NO3S/c15-13(9-5-1-2-6-10-13)11-14-18(16,17)12-7-3-4-8-12/h12,14-15H,1-11H2. The van der Waals surface area contributed by atoms with Crippen molar-refractivity contribution in [3.63, 3.8) is 0 Å². The molecule has 0 saturated heterocycles. The molecule has 0 unspecified atom stereocenters. The molecule has 106 valence electrons. The third-order valence-corrected chi connectivity index (χ3v) is 6.27. The molecule has 0 aliphatic heterocycles. The Bertz CT molecular complexity index is 352. The SMILES string of the molecule is O=S(=O)(NCC1(O)CCCCCC1)C1CCCC1. The van der Waals surface area contributed by atoms with Gasteiger partial charge < -0.3 is 5.11 Å². The van der Waals surface area contributed by atoms with Crippen LogP contribution in [0.3, 0.4) is 0 Å². The number of sulfonamides is 1. The summed E-state index contributed by atoms with van der Waals surface area (Å²) in [4.78, 5) is 0. The molecule has 0 aromatic rings. The van der Waals surface area contributed by atoms with E-state index in [0.29, 0.717) is 0 Å². The molecule has 0 amide bonds. The summed E-state index contributed by atoms with van der Waals surface area (Å²) in [5.41, 5.74) is -0.817. The fourth-order valence-corrected chi connectivity index (χ4v) is 4.77. The van der Waals surface area contributed by atoms with Crippen molar-refractivity contribution in [1.29, 1.82) is 0 Å². The maximum Gasteiger partial charge on any atom is 0.214 e. The first-order chi connectivity index (χ1) is 8.52. The normalized spacial score (nSPS) is 26.1. The van der Waals surface area contributed by atoms with Gasteiger partial charge >= 0.3 is 0 Å². The highest BCUT2D eigenvalue weighted by Gasteiger charge is 2.33. The van der Waals surface area contributed by atoms with Crippen molar-refractivity contribution in [2.24, 2.45) is 0 Å². The van der Waals surface area contributed by atoms with Gasteiger partial charge in [-0.15, -0.1) is 0 Å². The largest absolute Gasteiger partial charge is 0.389 e. The summed E-state index contributed by atoms with van der Waals surface area (Å²) < 4.78 is 26.8. The minimum Gasteiger partial charge on any atom is -0.389 e. The molecule has 2 aliphatic rings. The minimum absolute atomic E-state index is 0.200. The third kappa shape index (κ3) is 3.68. The molecule has 18 heavy (non-hydrogen) atoms. The number of nitrogens with one attached hydrogen (secondary N) is 1. The maximum atomic E-state index is 12.1. The van der Waals surface area contributed by atoms with Gasteiger partial charge in [0.05, 0.1) is 10.9 Å². The molecule has 0 aromatic heterocycles. The second-order valence-corrected chi connectivity index (χ2v) is 7.96. The molecule has 0 radical (unpaired) electrons. The summed E-state index contributed by atoms with van der Waals surface area (Å²) in [5, 5.41) is 10.2. The van der Waals surface area contributed by atoms with Gasteiger partial charge in [-0.1, -0.05) is 38.5 Å². The van der Waals surface area contributed by atoms with E-state index in [1.807, 2.05) is 0 Å². The van der Waals surface area contributed by atoms with Crippen LogP contribution in [0, 0.1) is 0 Å². The molecule has 2 rings (SSSR count). The van der Waals surface area contributed by atoms with Crippen molar-refractivity contribution in [2.75, 3.05) is 6.54 Å². The van der Waals surface area contributed by atoms with Gasteiger partial charge in [-0.05, 0) is 25.7 Å². The van der Waals surface area contributed by atoms with Crippen LogP contribution in [-0.2, 0) is 10.0 Å². The monoisotopic (exact) mass is 275 g/mol. The van der Waals surface area contributed by atoms with Crippen LogP contribution in [0.4, 0.5) is 0 Å². The van der Waals surface area contributed by atoms with Crippen molar-refractivity contribution in [3.8, 4) is 0 Å². The second-order valence-electron chi connectivity index (χ2n) is 5.91. The highest BCUT2D eigenvalue weighted by molar-refractivity contribution is 7.90. The van der Waals surface area contributed by atoms with E-state index in [0.717, 1.165) is 64.2 Å². The Morgan fingerprint density at radius 1 is 1.00 bits per heavy atom. The first kappa shape index (κ1) is 14.3. The predicted octanol–water partition coefficient (Wildman–Crippen LogP) is 1.93. The zero-order chi connectivity index (χ0) is 13.1. The van der Waals surface area contributed by atoms with Gasteiger partial charge in [0, 0.05) is 6.54 Å². The molecule has 0 bridgehead atoms. The summed E-state index contributed by atoms with van der Waals surface area (Å²) in [5.74, 6) is 0. The number of hydrogen-bond acceptors (Lipinski definition) is 3. The van der Waals surface area contributed by atoms with Crippen molar-refractivity contribution < 1.29 is 13.5 Å². The molecular formula is C13H25NO3S. The topological polar surface area (TPSA) is 66.4 Å². The van der Waals surface area contributed by atoms with Crippen LogP contribution in [0.1, 0.15) is 64.2 Å². The first-order valence-corrected chi connectivity index (χ1v) is 8.77. The maximum absolute atomic E-state index is 12.1. The zero-order valence-corrected chi connectivity index (χ0v) is 11.8. The van der Waals surface area contributed by atoms with Crippen LogP contribution in [0.15, 0.2) is 0 Å². The predicted molar refractivity (Wildman–Crippen MR) is 71.8 cm³/mol. The van der Waals surface area contributed by atoms with Crippen LogP contribution >= 0.6 is 0 Å². The molecule has 0 atom stereocenters. The van der Waals surface area contributed by atoms with Crippen LogP contribution < -0.4 is 4.72 Å². The summed E-state index contributed by atoms with van der Waals surface area (Å²) >= 11 is 0. The third-order valence-electron chi connectivity index (χ3n) is 4.38. The lowest BCUT2D eigenvalue weighted by atomic mass is 9.95. The van der Waals surface area contributed by atoms with Gasteiger partial charge in [0.1, 0.15) is 0 Å². The average molecular weight is 275 g/mol. The van der Waals surface area contributed by atoms with E-state index in [-0.39, 0.29) is 11.8 Å². The Morgan fingerprint density at radius 3 is 2.11 bits per heavy atom. The van der Waals surface area contributed by atoms with Crippen molar-refractivity contribution in [1.82, 2.24) is 4.72 Å². The molecule has 2 saturated carbocycles. The van der Waals surface area contributed by atoms with E-state index in [1.54, 1.807) is 0 Å². The Kier molecular flexibility index (Phi) is 4.67. The summed E-state index contributed by atoms with van der Waals surface area (Å²) in [7, 11) is -3.22. The molecule has 2 aliphatic carbocycles. The van der Waals surface area contributed by atoms with E-state index in [1.165, 1.54) is 0 Å². The molecule has 0 heterocycles. The van der Waals surface area contributed by atoms with Gasteiger partial charge in [-0.25, -0.2) is 13.1 Å². The van der Waals surface area contributed by atoms with E-state index < -0.39 is 15.6 Å². The van der Waals surface area contributed by atoms with Crippen molar-refractivity contribution in [3.05, 3.63) is 0 Å². The van der Waals surface area contributed by atoms with E-state index in [4.69, 9.17) is 0 Å². The summed E-state index contributed by atoms with van der Waals surface area (Å²) in [6.45, 7) is 0.200. The highest BCUT2D eigenvalue weighted by atomic mass is 32.2. The molecule has 2 N–H and O–H groups in total. The smallest absolute Gasteiger partial charge is 0.214 e. The molecule has 2 fully saturated rings. The molecule has 5 heteroatoms. The first-order valence-electron chi connectivity index (χ1n) is 7.23. The second kappa shape index (κ2) is 5.88. The lowest BCUT2D eigenvalue weighted by Crippen LogP contribution is -2.45. The fourth-order valence-electron chi connectivity index (χ4n) is 3.11. The Hall–Kier alpha value is -0.130. The zero-order valence-electron chi connectivity index (χ0n) is 11.0. The molecule has 4 nitrogen and oxygen atoms in total. The van der Waals surface area contributed by atoms with Gasteiger partial charge in [0.25, 0.3) is 0 Å². The van der Waals surface area contributed by atoms with Gasteiger partial charge in [-0.3, -0.25) is 0 Å². The lowest BCUT2D eigenvalue weighted by Gasteiger charge is -2.27. The average Bonchev–Trinajstić information content (AvgIpc) is 2.79. The van der Waals surface area contributed by atoms with Crippen LogP contribution in [0.25, 0.3) is 0 Å². The summed E-state index contributed by atoms with van der Waals surface area (Å²) in [6, 6.07) is 0. The molecule has 0 spiro atoms. The molecule has 0 aromatic carbocycles. The van der Waals surface area contributed by atoms with Crippen molar-refractivity contribution in [2.45, 2.75) is 75.1 Å². The number of hydrogen-bond donors (Lipinski definition) is 2. The van der Waals surface area contributed by atoms with E-state index in [9.17, 15) is 13.5 Å². The lowest BCUT2D eigenvalue weighted by molar-refractivity contribution is 0.0302. The highest BCUT2D eigenvalue weighted by Crippen LogP contribution is 2.28. The van der Waals surface area contributed by atoms with Crippen LogP contribution in [0.5, 0.6) is 0 Å². The van der Waals surface area contributed by atoms with Gasteiger partial charge in [-0.2, -0.15) is 0 Å². The minimum atomic E-state index is -3.22. The van der Waals surface area contributed by atoms with E-state index >= 15 is 0 Å². The van der Waals surface area contributed by atoms with Gasteiger partial charge in [0.15, 0.2) is 0 Å². The molecular weight excluding hydrogens is 250 g/mol. The van der Waals surface area contributed by atoms with Crippen LogP contribution in [0.2, 0.25) is 0 Å². The number of rotatable bonds is 4. The Morgan fingerprint density at radius 2 is 1.56 bits per heavy atom. The quantitative estimate of drug-likeness (QED) is 0.771. The van der Waals surface area contributed by atoms with E-state index in [2.05, 4.69) is 4.72 Å². The number of aliphatic hydroxyl groups is 1. The van der Waals surface area contributed by atoms with Gasteiger partial charge in [0.2, 0.25) is 10.0 Å². The van der Waals surface area contributed by atoms with Crippen LogP contribution in [-0.4, -0.2) is 30.9 Å². The van der Waals surface area contributed by atoms with Crippen molar-refractivity contribution >= 4 is 10.0 Å². The summed E-state index contributed by atoms with van der Waals surface area (Å²) in [6.07, 6.45) is 9.31.